The Morgan fingerprint density at radius 2 is 1.39 bits per heavy atom. The van der Waals surface area contributed by atoms with E-state index in [4.69, 9.17) is 9.47 Å². The summed E-state index contributed by atoms with van der Waals surface area (Å²) in [7, 11) is 1.84. The molecular formula is C27H31NO3. The molecule has 0 aromatic heterocycles. The molecular weight excluding hydrogens is 386 g/mol. The zero-order valence-corrected chi connectivity index (χ0v) is 18.6. The fourth-order valence-corrected chi connectivity index (χ4v) is 3.28. The predicted molar refractivity (Wildman–Crippen MR) is 125 cm³/mol. The Balaban J connectivity index is 1.85. The van der Waals surface area contributed by atoms with Crippen LogP contribution in [0.4, 0.5) is 0 Å². The molecule has 0 aliphatic carbocycles. The van der Waals surface area contributed by atoms with Crippen LogP contribution in [0.5, 0.6) is 11.5 Å². The van der Waals surface area contributed by atoms with Gasteiger partial charge in [-0.25, -0.2) is 0 Å². The molecule has 162 valence electrons. The smallest absolute Gasteiger partial charge is 0.257 e. The Morgan fingerprint density at radius 1 is 0.839 bits per heavy atom. The van der Waals surface area contributed by atoms with E-state index in [2.05, 4.69) is 6.92 Å². The maximum Gasteiger partial charge on any atom is 0.257 e. The standard InChI is InChI=1S/C27H31NO3/c1-4-5-16-28(3)27(29)24-17-21(2)25(30-19-22-12-8-6-9-13-22)18-26(24)31-20-23-14-10-7-11-15-23/h6-15,17-18H,4-5,16,19-20H2,1-3H3. The van der Waals surface area contributed by atoms with Crippen LogP contribution in [-0.4, -0.2) is 24.4 Å². The Labute approximate surface area is 185 Å². The third-order valence-electron chi connectivity index (χ3n) is 5.18. The van der Waals surface area contributed by atoms with Crippen molar-refractivity contribution in [1.29, 1.82) is 0 Å². The number of unbranched alkanes of at least 4 members (excludes halogenated alkanes) is 1. The molecule has 0 aliphatic heterocycles. The van der Waals surface area contributed by atoms with Gasteiger partial charge in [-0.05, 0) is 36.1 Å². The molecule has 0 aliphatic rings. The number of carbonyl (C=O) groups is 1. The summed E-state index contributed by atoms with van der Waals surface area (Å²) in [5.74, 6) is 1.24. The highest BCUT2D eigenvalue weighted by Gasteiger charge is 2.20. The number of hydrogen-bond donors (Lipinski definition) is 0. The van der Waals surface area contributed by atoms with Gasteiger partial charge in [0.1, 0.15) is 24.7 Å². The van der Waals surface area contributed by atoms with Gasteiger partial charge in [-0.2, -0.15) is 0 Å². The van der Waals surface area contributed by atoms with Crippen LogP contribution in [0.25, 0.3) is 0 Å². The fourth-order valence-electron chi connectivity index (χ4n) is 3.28. The van der Waals surface area contributed by atoms with Crippen molar-refractivity contribution in [3.63, 3.8) is 0 Å². The number of benzene rings is 3. The molecule has 0 bridgehead atoms. The molecule has 3 aromatic rings. The second kappa shape index (κ2) is 11.2. The lowest BCUT2D eigenvalue weighted by Crippen LogP contribution is -2.28. The Morgan fingerprint density at radius 3 is 1.94 bits per heavy atom. The maximum atomic E-state index is 13.1. The first-order chi connectivity index (χ1) is 15.1. The quantitative estimate of drug-likeness (QED) is 0.405. The normalized spacial score (nSPS) is 10.5. The maximum absolute atomic E-state index is 13.1. The molecule has 1 amide bonds. The highest BCUT2D eigenvalue weighted by atomic mass is 16.5. The summed E-state index contributed by atoms with van der Waals surface area (Å²) in [5, 5.41) is 0. The highest BCUT2D eigenvalue weighted by Crippen LogP contribution is 2.31. The van der Waals surface area contributed by atoms with Crippen molar-refractivity contribution < 1.29 is 14.3 Å². The van der Waals surface area contributed by atoms with E-state index in [1.54, 1.807) is 4.90 Å². The first-order valence-electron chi connectivity index (χ1n) is 10.8. The summed E-state index contributed by atoms with van der Waals surface area (Å²) in [6.07, 6.45) is 2.01. The second-order valence-corrected chi connectivity index (χ2v) is 7.74. The van der Waals surface area contributed by atoms with Gasteiger partial charge in [0.2, 0.25) is 0 Å². The predicted octanol–water partition coefficient (Wildman–Crippen LogP) is 6.03. The lowest BCUT2D eigenvalue weighted by molar-refractivity contribution is 0.0788. The summed E-state index contributed by atoms with van der Waals surface area (Å²) < 4.78 is 12.2. The van der Waals surface area contributed by atoms with Gasteiger partial charge in [0.05, 0.1) is 5.56 Å². The number of hydrogen-bond acceptors (Lipinski definition) is 3. The van der Waals surface area contributed by atoms with Crippen molar-refractivity contribution in [3.8, 4) is 11.5 Å². The van der Waals surface area contributed by atoms with Crippen molar-refractivity contribution in [3.05, 3.63) is 95.1 Å². The van der Waals surface area contributed by atoms with Crippen molar-refractivity contribution >= 4 is 5.91 Å². The van der Waals surface area contributed by atoms with Crippen LogP contribution in [-0.2, 0) is 13.2 Å². The molecule has 31 heavy (non-hydrogen) atoms. The molecule has 0 N–H and O–H groups in total. The van der Waals surface area contributed by atoms with Crippen molar-refractivity contribution in [2.24, 2.45) is 0 Å². The topological polar surface area (TPSA) is 38.8 Å². The molecule has 0 atom stereocenters. The molecule has 0 heterocycles. The molecule has 0 spiro atoms. The van der Waals surface area contributed by atoms with E-state index < -0.39 is 0 Å². The van der Waals surface area contributed by atoms with Gasteiger partial charge in [0.15, 0.2) is 0 Å². The molecule has 0 unspecified atom stereocenters. The van der Waals surface area contributed by atoms with Crippen LogP contribution in [0.1, 0.15) is 46.8 Å². The van der Waals surface area contributed by atoms with E-state index in [-0.39, 0.29) is 5.91 Å². The summed E-state index contributed by atoms with van der Waals surface area (Å²) in [5.41, 5.74) is 3.62. The molecule has 0 saturated carbocycles. The third kappa shape index (κ3) is 6.35. The second-order valence-electron chi connectivity index (χ2n) is 7.74. The summed E-state index contributed by atoms with van der Waals surface area (Å²) >= 11 is 0. The lowest BCUT2D eigenvalue weighted by Gasteiger charge is -2.21. The molecule has 0 radical (unpaired) electrons. The van der Waals surface area contributed by atoms with Gasteiger partial charge in [-0.15, -0.1) is 0 Å². The SMILES string of the molecule is CCCCN(C)C(=O)c1cc(C)c(OCc2ccccc2)cc1OCc1ccccc1. The van der Waals surface area contributed by atoms with Gasteiger partial charge in [0.25, 0.3) is 5.91 Å². The van der Waals surface area contributed by atoms with E-state index >= 15 is 0 Å². The number of ether oxygens (including phenoxy) is 2. The van der Waals surface area contributed by atoms with E-state index in [1.165, 1.54) is 0 Å². The van der Waals surface area contributed by atoms with Crippen LogP contribution in [0, 0.1) is 6.92 Å². The number of rotatable bonds is 10. The Hall–Kier alpha value is -3.27. The average molecular weight is 418 g/mol. The monoisotopic (exact) mass is 417 g/mol. The number of amides is 1. The Bertz CT molecular complexity index is 971. The fraction of sp³-hybridized carbons (Fsp3) is 0.296. The summed E-state index contributed by atoms with van der Waals surface area (Å²) in [6, 6.07) is 23.7. The highest BCUT2D eigenvalue weighted by molar-refractivity contribution is 5.97. The number of aryl methyl sites for hydroxylation is 1. The zero-order valence-electron chi connectivity index (χ0n) is 18.6. The van der Waals surface area contributed by atoms with E-state index in [1.807, 2.05) is 86.8 Å². The third-order valence-corrected chi connectivity index (χ3v) is 5.18. The molecule has 0 saturated heterocycles. The van der Waals surface area contributed by atoms with Crippen LogP contribution in [0.15, 0.2) is 72.8 Å². The van der Waals surface area contributed by atoms with Crippen molar-refractivity contribution in [2.75, 3.05) is 13.6 Å². The van der Waals surface area contributed by atoms with Crippen molar-refractivity contribution in [2.45, 2.75) is 39.9 Å². The van der Waals surface area contributed by atoms with Crippen LogP contribution in [0.2, 0.25) is 0 Å². The molecule has 4 nitrogen and oxygen atoms in total. The minimum Gasteiger partial charge on any atom is -0.488 e. The average Bonchev–Trinajstić information content (AvgIpc) is 2.81. The van der Waals surface area contributed by atoms with Crippen LogP contribution >= 0.6 is 0 Å². The molecule has 4 heteroatoms. The minimum absolute atomic E-state index is 0.0331. The van der Waals surface area contributed by atoms with Gasteiger partial charge < -0.3 is 14.4 Å². The Kier molecular flexibility index (Phi) is 8.11. The van der Waals surface area contributed by atoms with E-state index in [0.29, 0.717) is 24.5 Å². The lowest BCUT2D eigenvalue weighted by atomic mass is 10.1. The first-order valence-corrected chi connectivity index (χ1v) is 10.8. The molecule has 3 aromatic carbocycles. The van der Waals surface area contributed by atoms with E-state index in [0.717, 1.165) is 41.8 Å². The minimum atomic E-state index is -0.0331. The van der Waals surface area contributed by atoms with Crippen LogP contribution < -0.4 is 9.47 Å². The summed E-state index contributed by atoms with van der Waals surface area (Å²) in [4.78, 5) is 14.9. The van der Waals surface area contributed by atoms with Crippen molar-refractivity contribution in [1.82, 2.24) is 4.90 Å². The largest absolute Gasteiger partial charge is 0.488 e. The number of nitrogens with zero attached hydrogens (tertiary/aromatic N) is 1. The van der Waals surface area contributed by atoms with Crippen LogP contribution in [0.3, 0.4) is 0 Å². The zero-order chi connectivity index (χ0) is 22.1. The van der Waals surface area contributed by atoms with Gasteiger partial charge in [0, 0.05) is 19.7 Å². The van der Waals surface area contributed by atoms with Gasteiger partial charge in [-0.3, -0.25) is 4.79 Å². The first kappa shape index (κ1) is 22.4. The van der Waals surface area contributed by atoms with Gasteiger partial charge >= 0.3 is 0 Å². The molecule has 3 rings (SSSR count). The molecule has 0 fully saturated rings. The number of carbonyl (C=O) groups excluding carboxylic acids is 1. The van der Waals surface area contributed by atoms with Gasteiger partial charge in [-0.1, -0.05) is 74.0 Å². The summed E-state index contributed by atoms with van der Waals surface area (Å²) in [6.45, 7) is 5.66. The van der Waals surface area contributed by atoms with E-state index in [9.17, 15) is 4.79 Å².